The number of piperazine rings is 1. The van der Waals surface area contributed by atoms with Crippen molar-refractivity contribution in [3.05, 3.63) is 76.7 Å². The highest BCUT2D eigenvalue weighted by molar-refractivity contribution is 7.90. The fraction of sp³-hybridized carbons (Fsp3) is 0.286. The Labute approximate surface area is 245 Å². The van der Waals surface area contributed by atoms with Gasteiger partial charge in [-0.1, -0.05) is 0 Å². The number of benzene rings is 2. The van der Waals surface area contributed by atoms with Crippen LogP contribution in [0.4, 0.5) is 20.2 Å². The first-order chi connectivity index (χ1) is 20.7. The van der Waals surface area contributed by atoms with E-state index in [4.69, 9.17) is 4.74 Å². The van der Waals surface area contributed by atoms with Gasteiger partial charge in [-0.2, -0.15) is 18.0 Å². The van der Waals surface area contributed by atoms with Crippen molar-refractivity contribution < 1.29 is 21.9 Å². The summed E-state index contributed by atoms with van der Waals surface area (Å²) in [6, 6.07) is 11.7. The summed E-state index contributed by atoms with van der Waals surface area (Å²) in [5.41, 5.74) is 0.190. The lowest BCUT2D eigenvalue weighted by molar-refractivity contribution is 0.343. The van der Waals surface area contributed by atoms with E-state index in [-0.39, 0.29) is 36.3 Å². The van der Waals surface area contributed by atoms with Crippen LogP contribution in [-0.2, 0) is 10.2 Å². The minimum Gasteiger partial charge on any atom is -0.453 e. The van der Waals surface area contributed by atoms with Crippen molar-refractivity contribution in [3.8, 4) is 23.4 Å². The molecule has 4 heterocycles. The second-order valence-electron chi connectivity index (χ2n) is 10.1. The molecule has 2 aliphatic heterocycles. The van der Waals surface area contributed by atoms with Crippen molar-refractivity contribution in [3.63, 3.8) is 0 Å². The lowest BCUT2D eigenvalue weighted by Gasteiger charge is -2.29. The Hall–Kier alpha value is -4.65. The van der Waals surface area contributed by atoms with Gasteiger partial charge in [0.1, 0.15) is 35.7 Å². The van der Waals surface area contributed by atoms with Gasteiger partial charge < -0.3 is 15.0 Å². The van der Waals surface area contributed by atoms with Gasteiger partial charge in [0.05, 0.1) is 28.5 Å². The van der Waals surface area contributed by atoms with Gasteiger partial charge in [0.2, 0.25) is 0 Å². The molecule has 15 heteroatoms. The third-order valence-electron chi connectivity index (χ3n) is 7.30. The highest BCUT2D eigenvalue weighted by atomic mass is 32.2. The minimum absolute atomic E-state index is 0.0152. The molecule has 6 rings (SSSR count). The summed E-state index contributed by atoms with van der Waals surface area (Å²) in [7, 11) is -4.21. The molecule has 2 N–H and O–H groups in total. The predicted molar refractivity (Wildman–Crippen MR) is 155 cm³/mol. The molecule has 0 saturated carbocycles. The number of aromatic nitrogens is 3. The highest BCUT2D eigenvalue weighted by Crippen LogP contribution is 2.34. The average Bonchev–Trinajstić information content (AvgIpc) is 3.47. The number of hydrogen-bond acceptors (Lipinski definition) is 9. The molecule has 222 valence electrons. The van der Waals surface area contributed by atoms with E-state index in [1.807, 2.05) is 6.07 Å². The van der Waals surface area contributed by atoms with Crippen molar-refractivity contribution in [2.24, 2.45) is 0 Å². The molecular formula is C28H26F2N8O4S. The number of pyridine rings is 1. The topological polar surface area (TPSA) is 145 Å². The summed E-state index contributed by atoms with van der Waals surface area (Å²) in [6.45, 7) is 3.10. The standard InChI is InChI=1S/C28H26F2N8O4S/c29-18-7-10-37(16-18)43(40,41)35-25-5-3-23(30)27(22(25)14-31)42-20-2-4-24-21(13-20)28(39)38(17-34-24)26-6-1-19(15-33-26)36-11-8-32-9-12-36/h1-6,13,15,17-18,32,35H,7-12,16H2/t18-/m1/s1. The van der Waals surface area contributed by atoms with Crippen molar-refractivity contribution >= 4 is 32.5 Å². The second-order valence-corrected chi connectivity index (χ2v) is 11.7. The number of halogens is 2. The van der Waals surface area contributed by atoms with Crippen molar-refractivity contribution in [1.82, 2.24) is 24.2 Å². The third kappa shape index (κ3) is 5.72. The number of nitrogens with one attached hydrogen (secondary N) is 2. The maximum atomic E-state index is 14.9. The van der Waals surface area contributed by atoms with Crippen molar-refractivity contribution in [1.29, 1.82) is 5.26 Å². The number of rotatable bonds is 7. The minimum atomic E-state index is -4.21. The van der Waals surface area contributed by atoms with Gasteiger partial charge in [0.25, 0.3) is 5.56 Å². The number of fused-ring (bicyclic) bond motifs is 1. The Kier molecular flexibility index (Phi) is 7.65. The maximum absolute atomic E-state index is 14.9. The van der Waals surface area contributed by atoms with Crippen LogP contribution >= 0.6 is 0 Å². The van der Waals surface area contributed by atoms with Crippen LogP contribution in [0.5, 0.6) is 11.5 Å². The number of nitrogens with zero attached hydrogens (tertiary/aromatic N) is 6. The van der Waals surface area contributed by atoms with E-state index in [2.05, 4.69) is 24.9 Å². The zero-order valence-electron chi connectivity index (χ0n) is 22.7. The molecule has 43 heavy (non-hydrogen) atoms. The summed E-state index contributed by atoms with van der Waals surface area (Å²) in [4.78, 5) is 24.4. The Morgan fingerprint density at radius 3 is 2.60 bits per heavy atom. The molecule has 2 saturated heterocycles. The summed E-state index contributed by atoms with van der Waals surface area (Å²) >= 11 is 0. The zero-order valence-corrected chi connectivity index (χ0v) is 23.5. The van der Waals surface area contributed by atoms with Crippen molar-refractivity contribution in [2.45, 2.75) is 12.6 Å². The summed E-state index contributed by atoms with van der Waals surface area (Å²) in [5.74, 6) is -1.09. The number of nitriles is 1. The van der Waals surface area contributed by atoms with Gasteiger partial charge in [-0.3, -0.25) is 14.1 Å². The number of anilines is 2. The molecule has 2 aromatic carbocycles. The van der Waals surface area contributed by atoms with Crippen LogP contribution in [0.15, 0.2) is 59.8 Å². The van der Waals surface area contributed by atoms with Gasteiger partial charge >= 0.3 is 10.2 Å². The lowest BCUT2D eigenvalue weighted by atomic mass is 10.1. The quantitative estimate of drug-likeness (QED) is 0.323. The zero-order chi connectivity index (χ0) is 30.1. The van der Waals surface area contributed by atoms with Gasteiger partial charge in [0.15, 0.2) is 11.6 Å². The van der Waals surface area contributed by atoms with Crippen LogP contribution in [0.3, 0.4) is 0 Å². The van der Waals surface area contributed by atoms with E-state index >= 15 is 0 Å². The number of hydrogen-bond donors (Lipinski definition) is 2. The van der Waals surface area contributed by atoms with E-state index < -0.39 is 39.1 Å². The maximum Gasteiger partial charge on any atom is 0.301 e. The molecule has 1 atom stereocenters. The first kappa shape index (κ1) is 28.5. The Bertz CT molecular complexity index is 1890. The molecular weight excluding hydrogens is 582 g/mol. The summed E-state index contributed by atoms with van der Waals surface area (Å²) in [5, 5.41) is 13.3. The molecule has 0 aliphatic carbocycles. The highest BCUT2D eigenvalue weighted by Gasteiger charge is 2.32. The second kappa shape index (κ2) is 11.6. The molecule has 0 bridgehead atoms. The molecule has 2 fully saturated rings. The fourth-order valence-corrected chi connectivity index (χ4v) is 6.32. The number of alkyl halides is 1. The molecule has 2 aliphatic rings. The SMILES string of the molecule is N#Cc1c(NS(=O)(=O)N2CC[C@@H](F)C2)ccc(F)c1Oc1ccc2ncn(-c3ccc(N4CCNCC4)cn3)c(=O)c2c1. The Balaban J connectivity index is 1.30. The van der Waals surface area contributed by atoms with E-state index in [0.29, 0.717) is 11.3 Å². The molecule has 0 spiro atoms. The van der Waals surface area contributed by atoms with E-state index in [1.165, 1.54) is 29.1 Å². The molecule has 0 unspecified atom stereocenters. The Morgan fingerprint density at radius 2 is 1.91 bits per heavy atom. The predicted octanol–water partition coefficient (Wildman–Crippen LogP) is 2.69. The van der Waals surface area contributed by atoms with Gasteiger partial charge in [-0.15, -0.1) is 0 Å². The van der Waals surface area contributed by atoms with Gasteiger partial charge in [0, 0.05) is 39.3 Å². The molecule has 4 aromatic rings. The molecule has 2 aromatic heterocycles. The first-order valence-electron chi connectivity index (χ1n) is 13.5. The number of ether oxygens (including phenoxy) is 1. The van der Waals surface area contributed by atoms with Crippen LogP contribution in [0.25, 0.3) is 16.7 Å². The van der Waals surface area contributed by atoms with Crippen LogP contribution in [0.2, 0.25) is 0 Å². The normalized spacial score (nSPS) is 17.6. The third-order valence-corrected chi connectivity index (χ3v) is 8.79. The van der Waals surface area contributed by atoms with Gasteiger partial charge in [-0.25, -0.2) is 18.7 Å². The lowest BCUT2D eigenvalue weighted by Crippen LogP contribution is -2.43. The largest absolute Gasteiger partial charge is 0.453 e. The van der Waals surface area contributed by atoms with Crippen LogP contribution in [0.1, 0.15) is 12.0 Å². The van der Waals surface area contributed by atoms with Crippen LogP contribution < -0.4 is 25.2 Å². The van der Waals surface area contributed by atoms with Crippen LogP contribution in [-0.4, -0.2) is 72.7 Å². The molecule has 12 nitrogen and oxygen atoms in total. The first-order valence-corrected chi connectivity index (χ1v) is 14.9. The Morgan fingerprint density at radius 1 is 1.09 bits per heavy atom. The monoisotopic (exact) mass is 608 g/mol. The average molecular weight is 609 g/mol. The van der Waals surface area contributed by atoms with Crippen molar-refractivity contribution in [2.75, 3.05) is 48.9 Å². The smallest absolute Gasteiger partial charge is 0.301 e. The van der Waals surface area contributed by atoms with Crippen LogP contribution in [0, 0.1) is 17.1 Å². The van der Waals surface area contributed by atoms with E-state index in [0.717, 1.165) is 48.3 Å². The van der Waals surface area contributed by atoms with Gasteiger partial charge in [-0.05, 0) is 48.9 Å². The summed E-state index contributed by atoms with van der Waals surface area (Å²) in [6.07, 6.45) is 1.83. The summed E-state index contributed by atoms with van der Waals surface area (Å²) < 4.78 is 64.2. The molecule has 0 radical (unpaired) electrons. The van der Waals surface area contributed by atoms with E-state index in [1.54, 1.807) is 18.3 Å². The van der Waals surface area contributed by atoms with E-state index in [9.17, 15) is 27.3 Å². The fourth-order valence-electron chi connectivity index (χ4n) is 5.04. The molecule has 0 amide bonds.